The lowest BCUT2D eigenvalue weighted by Crippen LogP contribution is -2.48. The molecular formula is C31H33O2PS. The van der Waals surface area contributed by atoms with Crippen molar-refractivity contribution in [1.82, 2.24) is 0 Å². The molecule has 0 aromatic heterocycles. The molecule has 1 aliphatic carbocycles. The third kappa shape index (κ3) is 5.32. The number of fused-ring (bicyclic) bond motifs is 1. The van der Waals surface area contributed by atoms with Crippen molar-refractivity contribution in [2.24, 2.45) is 11.8 Å². The maximum Gasteiger partial charge on any atom is 0.128 e. The summed E-state index contributed by atoms with van der Waals surface area (Å²) in [5, 5.41) is 13.2. The minimum Gasteiger partial charge on any atom is -0.377 e. The van der Waals surface area contributed by atoms with Gasteiger partial charge in [-0.1, -0.05) is 115 Å². The van der Waals surface area contributed by atoms with Gasteiger partial charge in [-0.15, -0.1) is 0 Å². The number of aliphatic hydroxyl groups is 1. The summed E-state index contributed by atoms with van der Waals surface area (Å²) in [5.41, 5.74) is 1.74. The van der Waals surface area contributed by atoms with Gasteiger partial charge >= 0.3 is 0 Å². The monoisotopic (exact) mass is 500 g/mol. The highest BCUT2D eigenvalue weighted by molar-refractivity contribution is 8.18. The lowest BCUT2D eigenvalue weighted by molar-refractivity contribution is -0.0281. The number of rotatable bonds is 5. The van der Waals surface area contributed by atoms with E-state index in [0.29, 0.717) is 19.1 Å². The van der Waals surface area contributed by atoms with E-state index < -0.39 is 11.6 Å². The molecule has 2 fully saturated rings. The van der Waals surface area contributed by atoms with Crippen LogP contribution in [0.3, 0.4) is 0 Å². The lowest BCUT2D eigenvalue weighted by Gasteiger charge is -2.51. The maximum atomic E-state index is 11.8. The molecule has 0 spiro atoms. The fourth-order valence-corrected chi connectivity index (χ4v) is 11.5. The fraction of sp³-hybridized carbons (Fsp3) is 0.355. The van der Waals surface area contributed by atoms with Gasteiger partial charge in [-0.2, -0.15) is 0 Å². The van der Waals surface area contributed by atoms with Crippen molar-refractivity contribution in [3.63, 3.8) is 0 Å². The van der Waals surface area contributed by atoms with E-state index in [2.05, 4.69) is 84.6 Å². The highest BCUT2D eigenvalue weighted by atomic mass is 32.4. The van der Waals surface area contributed by atoms with Crippen molar-refractivity contribution in [3.8, 4) is 11.8 Å². The Kier molecular flexibility index (Phi) is 7.56. The van der Waals surface area contributed by atoms with Gasteiger partial charge in [0.2, 0.25) is 0 Å². The van der Waals surface area contributed by atoms with Gasteiger partial charge < -0.3 is 9.84 Å². The average molecular weight is 501 g/mol. The first kappa shape index (κ1) is 24.5. The Morgan fingerprint density at radius 1 is 0.943 bits per heavy atom. The van der Waals surface area contributed by atoms with Crippen molar-refractivity contribution >= 4 is 23.1 Å². The van der Waals surface area contributed by atoms with Crippen molar-refractivity contribution in [1.29, 1.82) is 0 Å². The molecule has 0 bridgehead atoms. The first-order valence-electron chi connectivity index (χ1n) is 12.6. The Morgan fingerprint density at radius 3 is 2.31 bits per heavy atom. The quantitative estimate of drug-likeness (QED) is 0.253. The topological polar surface area (TPSA) is 29.5 Å². The summed E-state index contributed by atoms with van der Waals surface area (Å²) < 4.78 is 5.78. The van der Waals surface area contributed by atoms with Crippen molar-refractivity contribution in [2.45, 2.75) is 43.6 Å². The summed E-state index contributed by atoms with van der Waals surface area (Å²) in [7, 11) is 0. The molecule has 1 aliphatic heterocycles. The highest BCUT2D eigenvalue weighted by Crippen LogP contribution is 2.68. The SMILES string of the molecule is OC1(C#CCOCc2ccccc2)CCCC2CP(=S)(c3ccccc3)C(c3ccccc3)CC21. The predicted molar refractivity (Wildman–Crippen MR) is 149 cm³/mol. The van der Waals surface area contributed by atoms with E-state index in [4.69, 9.17) is 16.5 Å². The molecule has 1 N–H and O–H groups in total. The fourth-order valence-electron chi connectivity index (χ4n) is 6.06. The molecule has 180 valence electrons. The zero-order valence-corrected chi connectivity index (χ0v) is 21.8. The standard InChI is InChI=1S/C31H33O2PS/c32-31(20-11-21-33-23-25-12-4-1-5-13-25)19-10-16-27-24-34(35,28-17-8-3-9-18-28)30(22-29(27)31)26-14-6-2-7-15-26/h1-9,12-15,17-18,27,29-30,32H,10,16,19,21-24H2. The first-order chi connectivity index (χ1) is 17.1. The van der Waals surface area contributed by atoms with Crippen LogP contribution < -0.4 is 5.30 Å². The van der Waals surface area contributed by atoms with Gasteiger partial charge in [0.1, 0.15) is 12.2 Å². The molecule has 4 heteroatoms. The molecule has 2 aliphatic rings. The second kappa shape index (κ2) is 10.8. The summed E-state index contributed by atoms with van der Waals surface area (Å²) >= 11 is 6.61. The summed E-state index contributed by atoms with van der Waals surface area (Å²) in [4.78, 5) is 0. The van der Waals surface area contributed by atoms with E-state index in [-0.39, 0.29) is 11.6 Å². The Balaban J connectivity index is 1.38. The molecule has 5 rings (SSSR count). The van der Waals surface area contributed by atoms with Gasteiger partial charge in [0.25, 0.3) is 0 Å². The number of benzene rings is 3. The molecule has 1 heterocycles. The number of hydrogen-bond donors (Lipinski definition) is 1. The van der Waals surface area contributed by atoms with Gasteiger partial charge in [0.05, 0.1) is 6.61 Å². The molecule has 1 saturated heterocycles. The largest absolute Gasteiger partial charge is 0.377 e. The van der Waals surface area contributed by atoms with Crippen molar-refractivity contribution in [2.75, 3.05) is 12.8 Å². The third-order valence-corrected chi connectivity index (χ3v) is 13.3. The third-order valence-electron chi connectivity index (χ3n) is 7.77. The Hall–Kier alpha value is -2.21. The second-order valence-corrected chi connectivity index (χ2v) is 15.0. The van der Waals surface area contributed by atoms with Crippen LogP contribution in [0.2, 0.25) is 0 Å². The van der Waals surface area contributed by atoms with Gasteiger partial charge in [-0.05, 0) is 60.2 Å². The Bertz CT molecular complexity index is 1220. The van der Waals surface area contributed by atoms with Gasteiger partial charge in [-0.3, -0.25) is 0 Å². The van der Waals surface area contributed by atoms with Crippen molar-refractivity contribution in [3.05, 3.63) is 102 Å². The maximum absolute atomic E-state index is 11.8. The van der Waals surface area contributed by atoms with E-state index in [0.717, 1.165) is 37.4 Å². The summed E-state index contributed by atoms with van der Waals surface area (Å²) in [6.07, 6.45) is 4.76. The predicted octanol–water partition coefficient (Wildman–Crippen LogP) is 6.30. The molecule has 3 aromatic carbocycles. The molecule has 3 aromatic rings. The average Bonchev–Trinajstić information content (AvgIpc) is 2.90. The number of hydrogen-bond acceptors (Lipinski definition) is 3. The molecule has 2 nitrogen and oxygen atoms in total. The van der Waals surface area contributed by atoms with Crippen LogP contribution in [0, 0.1) is 23.7 Å². The van der Waals surface area contributed by atoms with Crippen LogP contribution in [-0.4, -0.2) is 23.5 Å². The van der Waals surface area contributed by atoms with E-state index in [9.17, 15) is 5.11 Å². The molecule has 5 atom stereocenters. The van der Waals surface area contributed by atoms with Crippen molar-refractivity contribution < 1.29 is 9.84 Å². The Morgan fingerprint density at radius 2 is 1.60 bits per heavy atom. The summed E-state index contributed by atoms with van der Waals surface area (Å²) in [6.45, 7) is 0.870. The second-order valence-electron chi connectivity index (χ2n) is 9.94. The zero-order valence-electron chi connectivity index (χ0n) is 20.1. The summed E-state index contributed by atoms with van der Waals surface area (Å²) in [5.74, 6) is 7.01. The van der Waals surface area contributed by atoms with Crippen LogP contribution in [0.25, 0.3) is 0 Å². The molecule has 35 heavy (non-hydrogen) atoms. The van der Waals surface area contributed by atoms with E-state index in [1.54, 1.807) is 0 Å². The zero-order chi connectivity index (χ0) is 24.1. The lowest BCUT2D eigenvalue weighted by atomic mass is 9.67. The van der Waals surface area contributed by atoms with E-state index in [1.165, 1.54) is 10.9 Å². The van der Waals surface area contributed by atoms with Gasteiger partial charge in [0.15, 0.2) is 0 Å². The van der Waals surface area contributed by atoms with Crippen LogP contribution in [0.4, 0.5) is 0 Å². The van der Waals surface area contributed by atoms with Crippen LogP contribution in [-0.2, 0) is 23.2 Å². The smallest absolute Gasteiger partial charge is 0.128 e. The minimum atomic E-state index is -1.86. The normalized spacial score (nSPS) is 30.0. The van der Waals surface area contributed by atoms with Gasteiger partial charge in [-0.25, -0.2) is 0 Å². The van der Waals surface area contributed by atoms with Crippen LogP contribution in [0.5, 0.6) is 0 Å². The molecule has 1 saturated carbocycles. The molecule has 5 unspecified atom stereocenters. The number of ether oxygens (including phenoxy) is 1. The minimum absolute atomic E-state index is 0.142. The van der Waals surface area contributed by atoms with Crippen LogP contribution in [0.15, 0.2) is 91.0 Å². The van der Waals surface area contributed by atoms with Crippen LogP contribution >= 0.6 is 6.04 Å². The first-order valence-corrected chi connectivity index (χ1v) is 15.7. The highest BCUT2D eigenvalue weighted by Gasteiger charge is 2.51. The van der Waals surface area contributed by atoms with Crippen LogP contribution in [0.1, 0.15) is 42.5 Å². The molecule has 0 amide bonds. The van der Waals surface area contributed by atoms with E-state index in [1.807, 2.05) is 18.2 Å². The summed E-state index contributed by atoms with van der Waals surface area (Å²) in [6, 6.07) is 29.8. The van der Waals surface area contributed by atoms with Gasteiger partial charge in [0, 0.05) is 11.6 Å². The molecular weight excluding hydrogens is 467 g/mol. The van der Waals surface area contributed by atoms with E-state index >= 15 is 0 Å². The Labute approximate surface area is 214 Å². The molecule has 0 radical (unpaired) electrons.